The number of benzene rings is 2. The van der Waals surface area contributed by atoms with Gasteiger partial charge in [0.15, 0.2) is 5.78 Å². The summed E-state index contributed by atoms with van der Waals surface area (Å²) in [4.78, 5) is 39.6. The van der Waals surface area contributed by atoms with Crippen molar-refractivity contribution in [2.24, 2.45) is 5.92 Å². The molecule has 1 heterocycles. The van der Waals surface area contributed by atoms with Crippen molar-refractivity contribution in [2.45, 2.75) is 36.8 Å². The van der Waals surface area contributed by atoms with Gasteiger partial charge in [0, 0.05) is 42.1 Å². The van der Waals surface area contributed by atoms with E-state index in [1.165, 1.54) is 18.7 Å². The third-order valence-electron chi connectivity index (χ3n) is 5.22. The fourth-order valence-corrected chi connectivity index (χ4v) is 4.83. The first-order chi connectivity index (χ1) is 14.7. The molecule has 2 aromatic carbocycles. The van der Waals surface area contributed by atoms with Crippen molar-refractivity contribution in [3.8, 4) is 0 Å². The number of hydrogen-bond acceptors (Lipinski definition) is 4. The number of likely N-dealkylation sites (tertiary alicyclic amines) is 1. The average molecular weight is 479 g/mol. The van der Waals surface area contributed by atoms with Crippen LogP contribution in [0.3, 0.4) is 0 Å². The number of nitrogens with zero attached hydrogens (tertiary/aromatic N) is 1. The molecule has 1 saturated heterocycles. The van der Waals surface area contributed by atoms with Crippen LogP contribution < -0.4 is 5.32 Å². The van der Waals surface area contributed by atoms with E-state index in [-0.39, 0.29) is 28.8 Å². The molecule has 31 heavy (non-hydrogen) atoms. The summed E-state index contributed by atoms with van der Waals surface area (Å²) in [5, 5.41) is 3.28. The molecule has 5 nitrogen and oxygen atoms in total. The first-order valence-corrected chi connectivity index (χ1v) is 11.7. The number of halogens is 2. The van der Waals surface area contributed by atoms with Crippen molar-refractivity contribution in [3.05, 3.63) is 58.1 Å². The minimum atomic E-state index is -0.242. The number of Topliss-reactive ketones (excluding diaryl/α,β-unsaturated/α-hetero) is 1. The van der Waals surface area contributed by atoms with E-state index in [0.717, 1.165) is 10.6 Å². The first-order valence-electron chi connectivity index (χ1n) is 10.1. The van der Waals surface area contributed by atoms with Gasteiger partial charge in [0.2, 0.25) is 11.8 Å². The van der Waals surface area contributed by atoms with Crippen molar-refractivity contribution in [2.75, 3.05) is 18.4 Å². The van der Waals surface area contributed by atoms with Crippen LogP contribution in [0.2, 0.25) is 10.0 Å². The molecule has 1 N–H and O–H groups in total. The van der Waals surface area contributed by atoms with E-state index < -0.39 is 0 Å². The highest BCUT2D eigenvalue weighted by atomic mass is 35.5. The molecule has 1 atom stereocenters. The van der Waals surface area contributed by atoms with Crippen LogP contribution in [-0.4, -0.2) is 40.8 Å². The molecule has 164 valence electrons. The topological polar surface area (TPSA) is 66.5 Å². The smallest absolute Gasteiger partial charge is 0.235 e. The Morgan fingerprint density at radius 3 is 2.26 bits per heavy atom. The van der Waals surface area contributed by atoms with Crippen LogP contribution in [0.4, 0.5) is 5.69 Å². The van der Waals surface area contributed by atoms with Gasteiger partial charge in [-0.3, -0.25) is 14.4 Å². The Kier molecular flexibility index (Phi) is 8.03. The minimum Gasteiger partial charge on any atom is -0.342 e. The number of amides is 2. The van der Waals surface area contributed by atoms with Crippen LogP contribution in [-0.2, 0) is 9.59 Å². The summed E-state index contributed by atoms with van der Waals surface area (Å²) in [6.45, 7) is 4.47. The van der Waals surface area contributed by atoms with E-state index in [2.05, 4.69) is 5.32 Å². The summed E-state index contributed by atoms with van der Waals surface area (Å²) in [5.41, 5.74) is 1.29. The Bertz CT molecular complexity index is 973. The molecule has 0 bridgehead atoms. The van der Waals surface area contributed by atoms with Gasteiger partial charge < -0.3 is 10.2 Å². The highest BCUT2D eigenvalue weighted by Gasteiger charge is 2.30. The standard InChI is InChI=1S/C23H24Cl2N2O3S/c1-14(31-19-6-4-18(5-7-19)26-15(2)28)23(30)27-11-9-16(10-12-27)22(29)17-3-8-20(24)21(25)13-17/h3-8,13-14,16H,9-12H2,1-2H3,(H,26,28). The molecule has 2 amide bonds. The van der Waals surface area contributed by atoms with Crippen LogP contribution in [0, 0.1) is 5.92 Å². The average Bonchev–Trinajstić information content (AvgIpc) is 2.75. The maximum absolute atomic E-state index is 12.9. The summed E-state index contributed by atoms with van der Waals surface area (Å²) < 4.78 is 0. The Hall–Kier alpha value is -2.02. The lowest BCUT2D eigenvalue weighted by Gasteiger charge is -2.33. The Labute approximate surface area is 196 Å². The molecule has 0 saturated carbocycles. The first kappa shape index (κ1) is 23.6. The zero-order chi connectivity index (χ0) is 22.5. The summed E-state index contributed by atoms with van der Waals surface area (Å²) >= 11 is 13.5. The van der Waals surface area contributed by atoms with Gasteiger partial charge in [-0.2, -0.15) is 0 Å². The van der Waals surface area contributed by atoms with Crippen molar-refractivity contribution in [1.82, 2.24) is 4.90 Å². The lowest BCUT2D eigenvalue weighted by molar-refractivity contribution is -0.131. The van der Waals surface area contributed by atoms with Crippen molar-refractivity contribution < 1.29 is 14.4 Å². The molecule has 1 unspecified atom stereocenters. The van der Waals surface area contributed by atoms with E-state index >= 15 is 0 Å². The van der Waals surface area contributed by atoms with Gasteiger partial charge in [-0.15, -0.1) is 11.8 Å². The predicted molar refractivity (Wildman–Crippen MR) is 126 cm³/mol. The molecular formula is C23H24Cl2N2O3S. The number of hydrogen-bond donors (Lipinski definition) is 1. The maximum atomic E-state index is 12.9. The second-order valence-electron chi connectivity index (χ2n) is 7.56. The fourth-order valence-electron chi connectivity index (χ4n) is 3.58. The molecule has 0 aliphatic carbocycles. The molecule has 0 radical (unpaired) electrons. The molecule has 3 rings (SSSR count). The van der Waals surface area contributed by atoms with Gasteiger partial charge in [-0.25, -0.2) is 0 Å². The molecule has 0 aromatic heterocycles. The van der Waals surface area contributed by atoms with E-state index in [1.807, 2.05) is 36.1 Å². The van der Waals surface area contributed by atoms with Crippen molar-refractivity contribution in [3.63, 3.8) is 0 Å². The van der Waals surface area contributed by atoms with Gasteiger partial charge in [0.05, 0.1) is 15.3 Å². The number of thioether (sulfide) groups is 1. The summed E-state index contributed by atoms with van der Waals surface area (Å²) in [6.07, 6.45) is 1.27. The predicted octanol–water partition coefficient (Wildman–Crippen LogP) is 5.55. The van der Waals surface area contributed by atoms with Crippen molar-refractivity contribution in [1.29, 1.82) is 0 Å². The monoisotopic (exact) mass is 478 g/mol. The van der Waals surface area contributed by atoms with E-state index in [9.17, 15) is 14.4 Å². The summed E-state index contributed by atoms with van der Waals surface area (Å²) in [7, 11) is 0. The number of piperidine rings is 1. The van der Waals surface area contributed by atoms with Crippen LogP contribution in [0.15, 0.2) is 47.4 Å². The second-order valence-corrected chi connectivity index (χ2v) is 9.79. The zero-order valence-corrected chi connectivity index (χ0v) is 19.7. The highest BCUT2D eigenvalue weighted by Crippen LogP contribution is 2.29. The summed E-state index contributed by atoms with van der Waals surface area (Å²) in [6, 6.07) is 12.4. The molecule has 1 aliphatic rings. The maximum Gasteiger partial charge on any atom is 0.235 e. The number of ketones is 1. The number of nitrogens with one attached hydrogen (secondary N) is 1. The number of rotatable bonds is 6. The largest absolute Gasteiger partial charge is 0.342 e. The summed E-state index contributed by atoms with van der Waals surface area (Å²) in [5.74, 6) is -0.126. The SMILES string of the molecule is CC(=O)Nc1ccc(SC(C)C(=O)N2CCC(C(=O)c3ccc(Cl)c(Cl)c3)CC2)cc1. The molecule has 8 heteroatoms. The number of carbonyl (C=O) groups excluding carboxylic acids is 3. The third-order valence-corrected chi connectivity index (χ3v) is 7.06. The van der Waals surface area contributed by atoms with Crippen LogP contribution in [0.5, 0.6) is 0 Å². The fraction of sp³-hybridized carbons (Fsp3) is 0.348. The quantitative estimate of drug-likeness (QED) is 0.436. The van der Waals surface area contributed by atoms with Crippen molar-refractivity contribution >= 4 is 58.2 Å². The van der Waals surface area contributed by atoms with Crippen LogP contribution >= 0.6 is 35.0 Å². The van der Waals surface area contributed by atoms with Gasteiger partial charge in [-0.1, -0.05) is 23.2 Å². The van der Waals surface area contributed by atoms with E-state index in [4.69, 9.17) is 23.2 Å². The molecule has 1 fully saturated rings. The number of carbonyl (C=O) groups is 3. The molecule has 0 spiro atoms. The number of anilines is 1. The lowest BCUT2D eigenvalue weighted by atomic mass is 9.89. The zero-order valence-electron chi connectivity index (χ0n) is 17.4. The molecule has 2 aromatic rings. The molecule has 1 aliphatic heterocycles. The van der Waals surface area contributed by atoms with Gasteiger partial charge in [0.1, 0.15) is 0 Å². The van der Waals surface area contributed by atoms with E-state index in [0.29, 0.717) is 41.5 Å². The Balaban J connectivity index is 1.52. The van der Waals surface area contributed by atoms with Crippen LogP contribution in [0.25, 0.3) is 0 Å². The minimum absolute atomic E-state index is 0.0485. The lowest BCUT2D eigenvalue weighted by Crippen LogP contribution is -2.43. The Morgan fingerprint density at radius 1 is 1.03 bits per heavy atom. The van der Waals surface area contributed by atoms with Crippen LogP contribution in [0.1, 0.15) is 37.0 Å². The van der Waals surface area contributed by atoms with E-state index in [1.54, 1.807) is 18.2 Å². The Morgan fingerprint density at radius 2 is 1.68 bits per heavy atom. The highest BCUT2D eigenvalue weighted by molar-refractivity contribution is 8.00. The normalized spacial score (nSPS) is 15.4. The van der Waals surface area contributed by atoms with Gasteiger partial charge in [0.25, 0.3) is 0 Å². The third kappa shape index (κ3) is 6.25. The molecular weight excluding hydrogens is 455 g/mol. The van der Waals surface area contributed by atoms with Gasteiger partial charge >= 0.3 is 0 Å². The second kappa shape index (κ2) is 10.5. The van der Waals surface area contributed by atoms with Gasteiger partial charge in [-0.05, 0) is 62.2 Å².